The van der Waals surface area contributed by atoms with E-state index in [1.807, 2.05) is 6.92 Å². The van der Waals surface area contributed by atoms with Crippen LogP contribution in [-0.2, 0) is 6.61 Å². The lowest BCUT2D eigenvalue weighted by molar-refractivity contribution is 0.0655. The van der Waals surface area contributed by atoms with E-state index in [9.17, 15) is 9.59 Å². The zero-order valence-corrected chi connectivity index (χ0v) is 16.3. The summed E-state index contributed by atoms with van der Waals surface area (Å²) in [5, 5.41) is 18.0. The first kappa shape index (κ1) is 20.7. The van der Waals surface area contributed by atoms with Gasteiger partial charge in [0.15, 0.2) is 11.5 Å². The largest absolute Gasteiger partial charge is 0.493 e. The van der Waals surface area contributed by atoms with Crippen molar-refractivity contribution in [3.63, 3.8) is 0 Å². The molecular formula is C22H19NO7. The molecule has 8 heteroatoms. The van der Waals surface area contributed by atoms with Crippen LogP contribution >= 0.6 is 0 Å². The number of carboxylic acids is 2. The summed E-state index contributed by atoms with van der Waals surface area (Å²) in [5.74, 6) is -1.04. The van der Waals surface area contributed by atoms with Crippen molar-refractivity contribution >= 4 is 23.8 Å². The number of ether oxygens (including phenoxy) is 2. The zero-order chi connectivity index (χ0) is 21.7. The quantitative estimate of drug-likeness (QED) is 0.532. The molecule has 0 spiro atoms. The standard InChI is InChI=1S/C22H19NO7/c1-13-3-5-15(21(24)25)10-17(13)23-11-14-4-7-18(20(9-14)28-2)29-12-16-6-8-19(30-16)22(26)27/h3-11H,12H2,1-2H3,(H,24,25)(H,26,27). The van der Waals surface area contributed by atoms with E-state index in [0.29, 0.717) is 22.9 Å². The van der Waals surface area contributed by atoms with Crippen LogP contribution in [-0.4, -0.2) is 35.5 Å². The summed E-state index contributed by atoms with van der Waals surface area (Å²) >= 11 is 0. The fourth-order valence-electron chi connectivity index (χ4n) is 2.63. The van der Waals surface area contributed by atoms with Crippen molar-refractivity contribution in [1.29, 1.82) is 0 Å². The molecule has 154 valence electrons. The highest BCUT2D eigenvalue weighted by molar-refractivity contribution is 5.90. The number of aliphatic imine (C=N–C) groups is 1. The molecule has 0 aliphatic heterocycles. The summed E-state index contributed by atoms with van der Waals surface area (Å²) in [7, 11) is 1.50. The summed E-state index contributed by atoms with van der Waals surface area (Å²) < 4.78 is 16.2. The van der Waals surface area contributed by atoms with Crippen molar-refractivity contribution in [3.8, 4) is 11.5 Å². The predicted molar refractivity (Wildman–Crippen MR) is 108 cm³/mol. The normalized spacial score (nSPS) is 10.9. The summed E-state index contributed by atoms with van der Waals surface area (Å²) in [5.41, 5.74) is 2.30. The molecule has 2 aromatic carbocycles. The van der Waals surface area contributed by atoms with Gasteiger partial charge in [0.25, 0.3) is 0 Å². The number of furan rings is 1. The number of rotatable bonds is 8. The van der Waals surface area contributed by atoms with Gasteiger partial charge in [0, 0.05) is 6.21 Å². The molecular weight excluding hydrogens is 390 g/mol. The van der Waals surface area contributed by atoms with E-state index >= 15 is 0 Å². The van der Waals surface area contributed by atoms with E-state index in [1.54, 1.807) is 30.5 Å². The molecule has 0 atom stereocenters. The highest BCUT2D eigenvalue weighted by Gasteiger charge is 2.11. The van der Waals surface area contributed by atoms with Crippen molar-refractivity contribution in [2.75, 3.05) is 7.11 Å². The van der Waals surface area contributed by atoms with Gasteiger partial charge in [0.2, 0.25) is 5.76 Å². The first-order valence-electron chi connectivity index (χ1n) is 8.88. The molecule has 30 heavy (non-hydrogen) atoms. The van der Waals surface area contributed by atoms with Gasteiger partial charge in [0.05, 0.1) is 18.4 Å². The Bertz CT molecular complexity index is 1110. The Morgan fingerprint density at radius 3 is 2.50 bits per heavy atom. The highest BCUT2D eigenvalue weighted by atomic mass is 16.5. The van der Waals surface area contributed by atoms with Gasteiger partial charge < -0.3 is 24.1 Å². The van der Waals surface area contributed by atoms with Gasteiger partial charge >= 0.3 is 11.9 Å². The zero-order valence-electron chi connectivity index (χ0n) is 16.3. The molecule has 0 saturated carbocycles. The maximum atomic E-state index is 11.1. The lowest BCUT2D eigenvalue weighted by atomic mass is 10.1. The van der Waals surface area contributed by atoms with Crippen LogP contribution < -0.4 is 9.47 Å². The summed E-state index contributed by atoms with van der Waals surface area (Å²) in [4.78, 5) is 26.4. The number of benzene rings is 2. The van der Waals surface area contributed by atoms with Gasteiger partial charge in [-0.15, -0.1) is 0 Å². The van der Waals surface area contributed by atoms with Crippen LogP contribution in [0.5, 0.6) is 11.5 Å². The first-order chi connectivity index (χ1) is 14.4. The fourth-order valence-corrected chi connectivity index (χ4v) is 2.63. The Labute approximate surface area is 172 Å². The highest BCUT2D eigenvalue weighted by Crippen LogP contribution is 2.29. The number of methoxy groups -OCH3 is 1. The van der Waals surface area contributed by atoms with Crippen molar-refractivity contribution < 1.29 is 33.7 Å². The predicted octanol–water partition coefficient (Wildman–Crippen LogP) is 4.32. The SMILES string of the molecule is COc1cc(C=Nc2cc(C(=O)O)ccc2C)ccc1OCc1ccc(C(=O)O)o1. The molecule has 0 unspecified atom stereocenters. The Balaban J connectivity index is 1.75. The lowest BCUT2D eigenvalue weighted by Crippen LogP contribution is -1.98. The molecule has 0 radical (unpaired) electrons. The van der Waals surface area contributed by atoms with Crippen molar-refractivity contribution in [2.24, 2.45) is 4.99 Å². The van der Waals surface area contributed by atoms with Crippen LogP contribution in [0.15, 0.2) is 57.9 Å². The van der Waals surface area contributed by atoms with Crippen LogP contribution in [0, 0.1) is 6.92 Å². The van der Waals surface area contributed by atoms with Gasteiger partial charge in [0.1, 0.15) is 12.4 Å². The molecule has 0 bridgehead atoms. The molecule has 3 rings (SSSR count). The van der Waals surface area contributed by atoms with Crippen LogP contribution in [0.25, 0.3) is 0 Å². The Morgan fingerprint density at radius 2 is 1.83 bits per heavy atom. The maximum absolute atomic E-state index is 11.1. The molecule has 0 aliphatic carbocycles. The van der Waals surface area contributed by atoms with Crippen LogP contribution in [0.3, 0.4) is 0 Å². The molecule has 0 aliphatic rings. The minimum Gasteiger partial charge on any atom is -0.493 e. The summed E-state index contributed by atoms with van der Waals surface area (Å²) in [6.45, 7) is 1.89. The van der Waals surface area contributed by atoms with Gasteiger partial charge in [-0.1, -0.05) is 6.07 Å². The fraction of sp³-hybridized carbons (Fsp3) is 0.136. The molecule has 1 heterocycles. The van der Waals surface area contributed by atoms with Crippen molar-refractivity contribution in [3.05, 3.63) is 76.7 Å². The van der Waals surface area contributed by atoms with Gasteiger partial charge in [-0.05, 0) is 60.5 Å². The topological polar surface area (TPSA) is 119 Å². The molecule has 0 fully saturated rings. The van der Waals surface area contributed by atoms with Crippen molar-refractivity contribution in [1.82, 2.24) is 0 Å². The van der Waals surface area contributed by atoms with E-state index in [1.165, 1.54) is 31.4 Å². The number of hydrogen-bond acceptors (Lipinski definition) is 6. The molecule has 8 nitrogen and oxygen atoms in total. The molecule has 3 aromatic rings. The Morgan fingerprint density at radius 1 is 1.03 bits per heavy atom. The molecule has 0 amide bonds. The van der Waals surface area contributed by atoms with Crippen LogP contribution in [0.2, 0.25) is 0 Å². The summed E-state index contributed by atoms with van der Waals surface area (Å²) in [6.07, 6.45) is 1.60. The smallest absolute Gasteiger partial charge is 0.371 e. The van der Waals surface area contributed by atoms with Crippen LogP contribution in [0.1, 0.15) is 37.8 Å². The number of aromatic carboxylic acids is 2. The molecule has 0 saturated heterocycles. The molecule has 2 N–H and O–H groups in total. The van der Waals surface area contributed by atoms with E-state index in [0.717, 1.165) is 11.1 Å². The third-order valence-electron chi connectivity index (χ3n) is 4.24. The van der Waals surface area contributed by atoms with Gasteiger partial charge in [-0.2, -0.15) is 0 Å². The third kappa shape index (κ3) is 4.85. The number of carbonyl (C=O) groups is 2. The van der Waals surface area contributed by atoms with E-state index in [-0.39, 0.29) is 17.9 Å². The maximum Gasteiger partial charge on any atom is 0.371 e. The second-order valence-corrected chi connectivity index (χ2v) is 6.33. The Hall–Kier alpha value is -4.07. The number of hydrogen-bond donors (Lipinski definition) is 2. The third-order valence-corrected chi connectivity index (χ3v) is 4.24. The molecule has 1 aromatic heterocycles. The minimum absolute atomic E-state index is 0.0399. The average Bonchev–Trinajstić information content (AvgIpc) is 3.21. The number of carboxylic acid groups (broad SMARTS) is 2. The monoisotopic (exact) mass is 409 g/mol. The lowest BCUT2D eigenvalue weighted by Gasteiger charge is -2.10. The van der Waals surface area contributed by atoms with Crippen molar-refractivity contribution in [2.45, 2.75) is 13.5 Å². The number of aryl methyl sites for hydroxylation is 1. The van der Waals surface area contributed by atoms with Gasteiger partial charge in [-0.3, -0.25) is 4.99 Å². The van der Waals surface area contributed by atoms with Crippen LogP contribution in [0.4, 0.5) is 5.69 Å². The number of nitrogens with zero attached hydrogens (tertiary/aromatic N) is 1. The minimum atomic E-state index is -1.15. The summed E-state index contributed by atoms with van der Waals surface area (Å²) in [6, 6.07) is 12.8. The second kappa shape index (κ2) is 8.95. The van der Waals surface area contributed by atoms with E-state index < -0.39 is 11.9 Å². The van der Waals surface area contributed by atoms with E-state index in [4.69, 9.17) is 24.1 Å². The van der Waals surface area contributed by atoms with E-state index in [2.05, 4.69) is 4.99 Å². The first-order valence-corrected chi connectivity index (χ1v) is 8.88. The second-order valence-electron chi connectivity index (χ2n) is 6.33. The Kier molecular flexibility index (Phi) is 6.17. The average molecular weight is 409 g/mol. The van der Waals surface area contributed by atoms with Gasteiger partial charge in [-0.25, -0.2) is 9.59 Å².